The Labute approximate surface area is 126 Å². The second kappa shape index (κ2) is 6.74. The highest BCUT2D eigenvalue weighted by Crippen LogP contribution is 2.26. The average molecular weight is 290 g/mol. The number of rotatable bonds is 8. The number of aromatic amines is 1. The van der Waals surface area contributed by atoms with E-state index in [4.69, 9.17) is 0 Å². The molecule has 2 aromatic heterocycles. The quantitative estimate of drug-likeness (QED) is 0.649. The molecule has 0 bridgehead atoms. The molecule has 0 spiro atoms. The van der Waals surface area contributed by atoms with Gasteiger partial charge in [0.1, 0.15) is 5.82 Å². The van der Waals surface area contributed by atoms with E-state index in [1.54, 1.807) is 6.20 Å². The van der Waals surface area contributed by atoms with Crippen LogP contribution in [0.1, 0.15) is 46.5 Å². The molecule has 3 N–H and O–H groups in total. The van der Waals surface area contributed by atoms with Gasteiger partial charge in [-0.3, -0.25) is 5.10 Å². The van der Waals surface area contributed by atoms with E-state index in [-0.39, 0.29) is 5.41 Å². The zero-order valence-electron chi connectivity index (χ0n) is 13.5. The van der Waals surface area contributed by atoms with Crippen molar-refractivity contribution in [3.63, 3.8) is 0 Å². The Morgan fingerprint density at radius 1 is 1.24 bits per heavy atom. The van der Waals surface area contributed by atoms with Gasteiger partial charge in [0.25, 0.3) is 0 Å². The first-order valence-electron chi connectivity index (χ1n) is 7.68. The maximum Gasteiger partial charge on any atom is 0.226 e. The minimum absolute atomic E-state index is 0.246. The van der Waals surface area contributed by atoms with Gasteiger partial charge in [0.2, 0.25) is 5.95 Å². The lowest BCUT2D eigenvalue weighted by Crippen LogP contribution is -2.23. The molecule has 0 amide bonds. The second-order valence-electron chi connectivity index (χ2n) is 6.25. The number of fused-ring (bicyclic) bond motifs is 1. The monoisotopic (exact) mass is 290 g/mol. The topological polar surface area (TPSA) is 78.5 Å². The van der Waals surface area contributed by atoms with Crippen LogP contribution in [0, 0.1) is 5.41 Å². The van der Waals surface area contributed by atoms with Crippen LogP contribution >= 0.6 is 0 Å². The van der Waals surface area contributed by atoms with E-state index in [9.17, 15) is 0 Å². The number of nitrogens with zero attached hydrogens (tertiary/aromatic N) is 3. The van der Waals surface area contributed by atoms with Crippen molar-refractivity contribution < 1.29 is 0 Å². The maximum atomic E-state index is 4.50. The van der Waals surface area contributed by atoms with Gasteiger partial charge >= 0.3 is 0 Å². The third-order valence-electron chi connectivity index (χ3n) is 3.72. The van der Waals surface area contributed by atoms with Crippen LogP contribution in [0.25, 0.3) is 11.0 Å². The molecule has 6 heteroatoms. The molecule has 21 heavy (non-hydrogen) atoms. The van der Waals surface area contributed by atoms with Crippen molar-refractivity contribution in [1.82, 2.24) is 20.2 Å². The van der Waals surface area contributed by atoms with Crippen LogP contribution in [-0.2, 0) is 0 Å². The van der Waals surface area contributed by atoms with Gasteiger partial charge in [0, 0.05) is 13.6 Å². The Balaban J connectivity index is 2.07. The Kier molecular flexibility index (Phi) is 4.98. The van der Waals surface area contributed by atoms with Crippen LogP contribution in [0.15, 0.2) is 6.20 Å². The van der Waals surface area contributed by atoms with E-state index in [2.05, 4.69) is 51.6 Å². The van der Waals surface area contributed by atoms with E-state index < -0.39 is 0 Å². The molecule has 6 nitrogen and oxygen atoms in total. The lowest BCUT2D eigenvalue weighted by Gasteiger charge is -2.25. The summed E-state index contributed by atoms with van der Waals surface area (Å²) in [6, 6.07) is 0. The fraction of sp³-hybridized carbons (Fsp3) is 0.667. The van der Waals surface area contributed by atoms with Crippen molar-refractivity contribution in [2.45, 2.75) is 46.5 Å². The smallest absolute Gasteiger partial charge is 0.226 e. The third kappa shape index (κ3) is 4.06. The average Bonchev–Trinajstić information content (AvgIpc) is 2.93. The Hall–Kier alpha value is -1.85. The lowest BCUT2D eigenvalue weighted by molar-refractivity contribution is 0.342. The Morgan fingerprint density at radius 2 is 2.05 bits per heavy atom. The predicted octanol–water partition coefficient (Wildman–Crippen LogP) is 3.41. The summed E-state index contributed by atoms with van der Waals surface area (Å²) in [6.07, 6.45) is 6.81. The molecular weight excluding hydrogens is 264 g/mol. The molecule has 0 radical (unpaired) electrons. The first-order chi connectivity index (χ1) is 10.1. The molecule has 2 aromatic rings. The van der Waals surface area contributed by atoms with E-state index in [1.165, 1.54) is 25.7 Å². The van der Waals surface area contributed by atoms with Gasteiger partial charge in [-0.1, -0.05) is 40.0 Å². The highest BCUT2D eigenvalue weighted by molar-refractivity contribution is 5.86. The molecule has 116 valence electrons. The number of unbranched alkanes of at least 4 members (excludes halogenated alkanes) is 2. The van der Waals surface area contributed by atoms with Gasteiger partial charge in [-0.05, 0) is 11.8 Å². The first-order valence-corrected chi connectivity index (χ1v) is 7.68. The molecule has 0 saturated carbocycles. The molecule has 0 unspecified atom stereocenters. The third-order valence-corrected chi connectivity index (χ3v) is 3.72. The fourth-order valence-electron chi connectivity index (χ4n) is 2.35. The Morgan fingerprint density at radius 3 is 2.76 bits per heavy atom. The van der Waals surface area contributed by atoms with Crippen LogP contribution in [0.5, 0.6) is 0 Å². The van der Waals surface area contributed by atoms with E-state index in [1.807, 2.05) is 7.05 Å². The number of hydrogen-bond acceptors (Lipinski definition) is 5. The molecule has 2 rings (SSSR count). The molecule has 2 heterocycles. The SMILES string of the molecule is CCCCCC(C)(C)CNc1nc(NC)nc2[nH]ncc12. The summed E-state index contributed by atoms with van der Waals surface area (Å²) in [7, 11) is 1.82. The molecule has 0 aliphatic heterocycles. The summed E-state index contributed by atoms with van der Waals surface area (Å²) in [5.41, 5.74) is 0.997. The molecule has 0 saturated heterocycles. The predicted molar refractivity (Wildman–Crippen MR) is 87.6 cm³/mol. The standard InChI is InChI=1S/C15H26N6/c1-5-6-7-8-15(2,3)10-17-12-11-9-18-21-13(11)20-14(16-4)19-12/h9H,5-8,10H2,1-4H3,(H3,16,17,18,19,20,21). The summed E-state index contributed by atoms with van der Waals surface area (Å²) < 4.78 is 0. The summed E-state index contributed by atoms with van der Waals surface area (Å²) in [6.45, 7) is 7.71. The number of anilines is 2. The van der Waals surface area contributed by atoms with Crippen LogP contribution in [-0.4, -0.2) is 33.8 Å². The summed E-state index contributed by atoms with van der Waals surface area (Å²) in [5.74, 6) is 1.43. The van der Waals surface area contributed by atoms with Crippen molar-refractivity contribution in [2.24, 2.45) is 5.41 Å². The minimum Gasteiger partial charge on any atom is -0.369 e. The van der Waals surface area contributed by atoms with Gasteiger partial charge in [-0.2, -0.15) is 15.1 Å². The molecular formula is C15H26N6. The van der Waals surface area contributed by atoms with Crippen molar-refractivity contribution in [2.75, 3.05) is 24.2 Å². The highest BCUT2D eigenvalue weighted by Gasteiger charge is 2.18. The summed E-state index contributed by atoms with van der Waals surface area (Å²) in [5, 5.41) is 14.3. The van der Waals surface area contributed by atoms with Crippen LogP contribution < -0.4 is 10.6 Å². The molecule has 0 aromatic carbocycles. The summed E-state index contributed by atoms with van der Waals surface area (Å²) >= 11 is 0. The summed E-state index contributed by atoms with van der Waals surface area (Å²) in [4.78, 5) is 8.84. The first kappa shape index (κ1) is 15.5. The second-order valence-corrected chi connectivity index (χ2v) is 6.25. The van der Waals surface area contributed by atoms with Gasteiger partial charge in [0.05, 0.1) is 11.6 Å². The van der Waals surface area contributed by atoms with Gasteiger partial charge in [0.15, 0.2) is 5.65 Å². The molecule has 0 atom stereocenters. The number of nitrogens with one attached hydrogen (secondary N) is 3. The number of aromatic nitrogens is 4. The number of hydrogen-bond donors (Lipinski definition) is 3. The zero-order chi connectivity index (χ0) is 15.3. The molecule has 0 aliphatic rings. The van der Waals surface area contributed by atoms with Gasteiger partial charge in [-0.15, -0.1) is 0 Å². The van der Waals surface area contributed by atoms with Crippen molar-refractivity contribution >= 4 is 22.8 Å². The van der Waals surface area contributed by atoms with Crippen molar-refractivity contribution in [1.29, 1.82) is 0 Å². The lowest BCUT2D eigenvalue weighted by atomic mass is 9.87. The van der Waals surface area contributed by atoms with E-state index in [0.29, 0.717) is 5.95 Å². The van der Waals surface area contributed by atoms with E-state index in [0.717, 1.165) is 23.4 Å². The van der Waals surface area contributed by atoms with Crippen LogP contribution in [0.2, 0.25) is 0 Å². The maximum absolute atomic E-state index is 4.50. The molecule has 0 aliphatic carbocycles. The zero-order valence-corrected chi connectivity index (χ0v) is 13.5. The van der Waals surface area contributed by atoms with E-state index >= 15 is 0 Å². The van der Waals surface area contributed by atoms with Crippen molar-refractivity contribution in [3.05, 3.63) is 6.20 Å². The van der Waals surface area contributed by atoms with Crippen molar-refractivity contribution in [3.8, 4) is 0 Å². The fourth-order valence-corrected chi connectivity index (χ4v) is 2.35. The highest BCUT2D eigenvalue weighted by atomic mass is 15.2. The van der Waals surface area contributed by atoms with Crippen LogP contribution in [0.3, 0.4) is 0 Å². The number of H-pyrrole nitrogens is 1. The molecule has 0 fully saturated rings. The minimum atomic E-state index is 0.246. The normalized spacial score (nSPS) is 11.8. The van der Waals surface area contributed by atoms with Crippen LogP contribution in [0.4, 0.5) is 11.8 Å². The van der Waals surface area contributed by atoms with Gasteiger partial charge in [-0.25, -0.2) is 0 Å². The van der Waals surface area contributed by atoms with Gasteiger partial charge < -0.3 is 10.6 Å². The largest absolute Gasteiger partial charge is 0.369 e. The Bertz CT molecular complexity index is 575.